The SMILES string of the molecule is Cc1cc(C(Cl)c2ccc3cc(Br)ccc3c2)ccc1F. The van der Waals surface area contributed by atoms with Crippen LogP contribution >= 0.6 is 27.5 Å². The summed E-state index contributed by atoms with van der Waals surface area (Å²) >= 11 is 10.0. The van der Waals surface area contributed by atoms with Crippen molar-refractivity contribution in [3.63, 3.8) is 0 Å². The van der Waals surface area contributed by atoms with Crippen molar-refractivity contribution in [2.75, 3.05) is 0 Å². The van der Waals surface area contributed by atoms with E-state index in [1.54, 1.807) is 19.1 Å². The number of hydrogen-bond donors (Lipinski definition) is 0. The largest absolute Gasteiger partial charge is 0.207 e. The van der Waals surface area contributed by atoms with Gasteiger partial charge in [-0.15, -0.1) is 11.6 Å². The van der Waals surface area contributed by atoms with Gasteiger partial charge in [0.15, 0.2) is 0 Å². The molecular formula is C18H13BrClF. The molecular weight excluding hydrogens is 351 g/mol. The number of aryl methyl sites for hydroxylation is 1. The summed E-state index contributed by atoms with van der Waals surface area (Å²) in [5.41, 5.74) is 2.53. The Kier molecular flexibility index (Phi) is 4.01. The molecule has 3 rings (SSSR count). The van der Waals surface area contributed by atoms with E-state index in [0.717, 1.165) is 26.4 Å². The summed E-state index contributed by atoms with van der Waals surface area (Å²) < 4.78 is 14.4. The monoisotopic (exact) mass is 362 g/mol. The van der Waals surface area contributed by atoms with E-state index < -0.39 is 0 Å². The molecule has 3 aromatic rings. The Bertz CT molecular complexity index is 813. The highest BCUT2D eigenvalue weighted by molar-refractivity contribution is 9.10. The fourth-order valence-corrected chi connectivity index (χ4v) is 3.06. The van der Waals surface area contributed by atoms with Gasteiger partial charge in [-0.1, -0.05) is 46.3 Å². The number of halogens is 3. The smallest absolute Gasteiger partial charge is 0.126 e. The first kappa shape index (κ1) is 14.6. The molecule has 0 nitrogen and oxygen atoms in total. The van der Waals surface area contributed by atoms with Gasteiger partial charge < -0.3 is 0 Å². The average molecular weight is 364 g/mol. The van der Waals surface area contributed by atoms with Crippen LogP contribution < -0.4 is 0 Å². The highest BCUT2D eigenvalue weighted by atomic mass is 79.9. The molecule has 0 radical (unpaired) electrons. The van der Waals surface area contributed by atoms with Crippen LogP contribution in [-0.2, 0) is 0 Å². The average Bonchev–Trinajstić information content (AvgIpc) is 2.49. The van der Waals surface area contributed by atoms with Crippen molar-refractivity contribution >= 4 is 38.3 Å². The van der Waals surface area contributed by atoms with E-state index in [1.165, 1.54) is 6.07 Å². The van der Waals surface area contributed by atoms with Gasteiger partial charge in [0.2, 0.25) is 0 Å². The highest BCUT2D eigenvalue weighted by Gasteiger charge is 2.12. The summed E-state index contributed by atoms with van der Waals surface area (Å²) in [7, 11) is 0. The second kappa shape index (κ2) is 5.78. The summed E-state index contributed by atoms with van der Waals surface area (Å²) in [6, 6.07) is 17.3. The normalized spacial score (nSPS) is 12.6. The lowest BCUT2D eigenvalue weighted by molar-refractivity contribution is 0.617. The minimum atomic E-state index is -0.280. The number of benzene rings is 3. The Hall–Kier alpha value is -1.38. The fraction of sp³-hybridized carbons (Fsp3) is 0.111. The van der Waals surface area contributed by atoms with Crippen LogP contribution in [0.4, 0.5) is 4.39 Å². The Balaban J connectivity index is 2.02. The van der Waals surface area contributed by atoms with Crippen molar-refractivity contribution in [1.82, 2.24) is 0 Å². The van der Waals surface area contributed by atoms with Crippen molar-refractivity contribution in [1.29, 1.82) is 0 Å². The van der Waals surface area contributed by atoms with E-state index in [9.17, 15) is 4.39 Å². The minimum Gasteiger partial charge on any atom is -0.207 e. The lowest BCUT2D eigenvalue weighted by Gasteiger charge is -2.12. The zero-order valence-corrected chi connectivity index (χ0v) is 13.7. The molecule has 1 unspecified atom stereocenters. The van der Waals surface area contributed by atoms with Crippen molar-refractivity contribution in [3.05, 3.63) is 81.6 Å². The van der Waals surface area contributed by atoms with Gasteiger partial charge in [-0.25, -0.2) is 4.39 Å². The maximum absolute atomic E-state index is 13.4. The molecule has 0 aliphatic rings. The molecule has 1 atom stereocenters. The zero-order valence-electron chi connectivity index (χ0n) is 11.4. The molecule has 3 aromatic carbocycles. The van der Waals surface area contributed by atoms with Gasteiger partial charge in [0.25, 0.3) is 0 Å². The van der Waals surface area contributed by atoms with Gasteiger partial charge in [0.1, 0.15) is 5.82 Å². The van der Waals surface area contributed by atoms with Gasteiger partial charge in [-0.2, -0.15) is 0 Å². The summed E-state index contributed by atoms with van der Waals surface area (Å²) in [6.07, 6.45) is 0. The van der Waals surface area contributed by atoms with Gasteiger partial charge in [0, 0.05) is 4.47 Å². The lowest BCUT2D eigenvalue weighted by Crippen LogP contribution is -1.95. The minimum absolute atomic E-state index is 0.203. The first-order valence-corrected chi connectivity index (χ1v) is 7.87. The summed E-state index contributed by atoms with van der Waals surface area (Å²) in [6.45, 7) is 1.75. The standard InChI is InChI=1S/C18H13BrClF/c1-11-8-14(5-7-17(11)21)18(20)15-3-2-13-10-16(19)6-4-12(13)9-15/h2-10,18H,1H3. The molecule has 0 saturated heterocycles. The third-order valence-electron chi connectivity index (χ3n) is 3.59. The summed E-state index contributed by atoms with van der Waals surface area (Å²) in [5.74, 6) is -0.203. The van der Waals surface area contributed by atoms with Crippen LogP contribution in [0.1, 0.15) is 22.1 Å². The van der Waals surface area contributed by atoms with Crippen molar-refractivity contribution < 1.29 is 4.39 Å². The molecule has 0 fully saturated rings. The zero-order chi connectivity index (χ0) is 15.0. The molecule has 0 N–H and O–H groups in total. The number of hydrogen-bond acceptors (Lipinski definition) is 0. The van der Waals surface area contributed by atoms with Crippen LogP contribution in [0.15, 0.2) is 59.1 Å². The van der Waals surface area contributed by atoms with Gasteiger partial charge in [-0.05, 0) is 58.7 Å². The number of rotatable bonds is 2. The predicted molar refractivity (Wildman–Crippen MR) is 90.5 cm³/mol. The van der Waals surface area contributed by atoms with E-state index in [4.69, 9.17) is 11.6 Å². The Morgan fingerprint density at radius 3 is 2.29 bits per heavy atom. The molecule has 0 heterocycles. The van der Waals surface area contributed by atoms with Gasteiger partial charge in [0.05, 0.1) is 5.38 Å². The van der Waals surface area contributed by atoms with Crippen LogP contribution in [0.5, 0.6) is 0 Å². The number of alkyl halides is 1. The van der Waals surface area contributed by atoms with Crippen LogP contribution in [0, 0.1) is 12.7 Å². The maximum Gasteiger partial charge on any atom is 0.126 e. The third-order valence-corrected chi connectivity index (χ3v) is 4.59. The van der Waals surface area contributed by atoms with Crippen molar-refractivity contribution in [2.45, 2.75) is 12.3 Å². The van der Waals surface area contributed by atoms with Crippen LogP contribution in [0.25, 0.3) is 10.8 Å². The van der Waals surface area contributed by atoms with Crippen LogP contribution in [0.3, 0.4) is 0 Å². The van der Waals surface area contributed by atoms with Gasteiger partial charge in [-0.3, -0.25) is 0 Å². The molecule has 0 aliphatic heterocycles. The van der Waals surface area contributed by atoms with E-state index in [0.29, 0.717) is 5.56 Å². The van der Waals surface area contributed by atoms with E-state index in [-0.39, 0.29) is 11.2 Å². The Morgan fingerprint density at radius 2 is 1.52 bits per heavy atom. The molecule has 0 aliphatic carbocycles. The quantitative estimate of drug-likeness (QED) is 0.463. The van der Waals surface area contributed by atoms with Crippen molar-refractivity contribution in [3.8, 4) is 0 Å². The van der Waals surface area contributed by atoms with Crippen molar-refractivity contribution in [2.24, 2.45) is 0 Å². The molecule has 0 amide bonds. The predicted octanol–water partition coefficient (Wildman–Crippen LogP) is 6.38. The second-order valence-electron chi connectivity index (χ2n) is 5.12. The molecule has 106 valence electrons. The molecule has 21 heavy (non-hydrogen) atoms. The maximum atomic E-state index is 13.4. The van der Waals surface area contributed by atoms with E-state index >= 15 is 0 Å². The Morgan fingerprint density at radius 1 is 0.905 bits per heavy atom. The number of fused-ring (bicyclic) bond motifs is 1. The topological polar surface area (TPSA) is 0 Å². The fourth-order valence-electron chi connectivity index (χ4n) is 2.41. The van der Waals surface area contributed by atoms with Gasteiger partial charge >= 0.3 is 0 Å². The van der Waals surface area contributed by atoms with E-state index in [2.05, 4.69) is 40.2 Å². The van der Waals surface area contributed by atoms with Crippen LogP contribution in [-0.4, -0.2) is 0 Å². The lowest BCUT2D eigenvalue weighted by atomic mass is 9.99. The molecule has 0 spiro atoms. The first-order chi connectivity index (χ1) is 10.0. The molecule has 0 saturated carbocycles. The molecule has 3 heteroatoms. The summed E-state index contributed by atoms with van der Waals surface area (Å²) in [4.78, 5) is 0. The third kappa shape index (κ3) is 2.97. The Labute approximate surface area is 136 Å². The van der Waals surface area contributed by atoms with E-state index in [1.807, 2.05) is 12.1 Å². The molecule has 0 aromatic heterocycles. The first-order valence-electron chi connectivity index (χ1n) is 6.64. The highest BCUT2D eigenvalue weighted by Crippen LogP contribution is 2.32. The molecule has 0 bridgehead atoms. The van der Waals surface area contributed by atoms with Crippen LogP contribution in [0.2, 0.25) is 0 Å². The summed E-state index contributed by atoms with van der Waals surface area (Å²) in [5, 5.41) is 2.02. The second-order valence-corrected chi connectivity index (χ2v) is 6.47.